The maximum Gasteiger partial charge on any atom is 0.164 e. The molecule has 0 amide bonds. The monoisotopic (exact) mass is 792 g/mol. The standard InChI is InChI=1S/C57H36N4O/c1-4-15-37(16-5-1)39-27-29-41(30-28-39)56-58-55(40-19-8-3-9-20-40)59-57(60-56)43-31-33-47-53(36-43)62-52-26-14-23-46(54(47)52)44-21-10-12-24-49(44)61-50-25-13-11-22-45(50)48-35-42(32-34-51(48)61)38-17-6-2-7-18-38/h1-36H. The van der Waals surface area contributed by atoms with Gasteiger partial charge in [-0.25, -0.2) is 15.0 Å². The summed E-state index contributed by atoms with van der Waals surface area (Å²) < 4.78 is 9.12. The van der Waals surface area contributed by atoms with Crippen molar-refractivity contribution in [1.29, 1.82) is 0 Å². The van der Waals surface area contributed by atoms with Gasteiger partial charge in [0.2, 0.25) is 0 Å². The quantitative estimate of drug-likeness (QED) is 0.161. The highest BCUT2D eigenvalue weighted by Crippen LogP contribution is 2.43. The fraction of sp³-hybridized carbons (Fsp3) is 0. The van der Waals surface area contributed by atoms with Gasteiger partial charge in [0.15, 0.2) is 17.5 Å². The van der Waals surface area contributed by atoms with E-state index in [2.05, 4.69) is 187 Å². The predicted octanol–water partition coefficient (Wildman–Crippen LogP) is 14.9. The molecule has 3 heterocycles. The molecule has 62 heavy (non-hydrogen) atoms. The Labute approximate surface area is 357 Å². The summed E-state index contributed by atoms with van der Waals surface area (Å²) in [5.74, 6) is 1.80. The van der Waals surface area contributed by atoms with Crippen LogP contribution in [0.2, 0.25) is 0 Å². The predicted molar refractivity (Wildman–Crippen MR) is 254 cm³/mol. The number of fused-ring (bicyclic) bond motifs is 6. The molecule has 3 aromatic heterocycles. The lowest BCUT2D eigenvalue weighted by Crippen LogP contribution is -2.00. The van der Waals surface area contributed by atoms with Crippen LogP contribution >= 0.6 is 0 Å². The Hall–Kier alpha value is -8.41. The third kappa shape index (κ3) is 6.06. The fourth-order valence-electron chi connectivity index (χ4n) is 8.92. The summed E-state index contributed by atoms with van der Waals surface area (Å²) in [6.07, 6.45) is 0. The average Bonchev–Trinajstić information content (AvgIpc) is 3.90. The van der Waals surface area contributed by atoms with Crippen molar-refractivity contribution in [2.75, 3.05) is 0 Å². The number of nitrogens with zero attached hydrogens (tertiary/aromatic N) is 4. The van der Waals surface area contributed by atoms with Gasteiger partial charge in [-0.3, -0.25) is 0 Å². The fourth-order valence-corrected chi connectivity index (χ4v) is 8.92. The van der Waals surface area contributed by atoms with Crippen LogP contribution in [0.4, 0.5) is 0 Å². The minimum absolute atomic E-state index is 0.579. The summed E-state index contributed by atoms with van der Waals surface area (Å²) >= 11 is 0. The topological polar surface area (TPSA) is 56.7 Å². The molecule has 12 aromatic rings. The van der Waals surface area contributed by atoms with Crippen LogP contribution < -0.4 is 0 Å². The summed E-state index contributed by atoms with van der Waals surface area (Å²) in [4.78, 5) is 15.1. The van der Waals surface area contributed by atoms with Gasteiger partial charge in [-0.15, -0.1) is 0 Å². The van der Waals surface area contributed by atoms with Gasteiger partial charge in [-0.1, -0.05) is 176 Å². The largest absolute Gasteiger partial charge is 0.456 e. The van der Waals surface area contributed by atoms with Crippen LogP contribution in [0, 0.1) is 0 Å². The minimum atomic E-state index is 0.579. The van der Waals surface area contributed by atoms with Crippen molar-refractivity contribution in [2.45, 2.75) is 0 Å². The first kappa shape index (κ1) is 35.5. The molecule has 9 aromatic carbocycles. The normalized spacial score (nSPS) is 11.5. The third-order valence-electron chi connectivity index (χ3n) is 11.9. The van der Waals surface area contributed by atoms with Gasteiger partial charge in [0.1, 0.15) is 11.2 Å². The molecule has 0 saturated heterocycles. The van der Waals surface area contributed by atoms with Crippen molar-refractivity contribution in [1.82, 2.24) is 19.5 Å². The Morgan fingerprint density at radius 2 is 0.823 bits per heavy atom. The molecule has 0 aliphatic heterocycles. The Kier molecular flexibility index (Phi) is 8.42. The van der Waals surface area contributed by atoms with Gasteiger partial charge < -0.3 is 8.98 Å². The first-order chi connectivity index (χ1) is 30.7. The maximum atomic E-state index is 6.71. The van der Waals surface area contributed by atoms with Gasteiger partial charge in [0.25, 0.3) is 0 Å². The second-order valence-corrected chi connectivity index (χ2v) is 15.6. The van der Waals surface area contributed by atoms with E-state index >= 15 is 0 Å². The Balaban J connectivity index is 0.985. The minimum Gasteiger partial charge on any atom is -0.456 e. The van der Waals surface area contributed by atoms with E-state index in [9.17, 15) is 0 Å². The molecular formula is C57H36N4O. The molecule has 0 fully saturated rings. The second kappa shape index (κ2) is 14.7. The lowest BCUT2D eigenvalue weighted by Gasteiger charge is -2.15. The molecule has 0 N–H and O–H groups in total. The zero-order valence-corrected chi connectivity index (χ0v) is 33.5. The Morgan fingerprint density at radius 1 is 0.306 bits per heavy atom. The lowest BCUT2D eigenvalue weighted by molar-refractivity contribution is 0.669. The molecule has 0 aliphatic carbocycles. The lowest BCUT2D eigenvalue weighted by atomic mass is 9.97. The third-order valence-corrected chi connectivity index (χ3v) is 11.9. The van der Waals surface area contributed by atoms with Crippen molar-refractivity contribution in [3.05, 3.63) is 218 Å². The van der Waals surface area contributed by atoms with Gasteiger partial charge in [-0.2, -0.15) is 0 Å². The molecule has 0 saturated carbocycles. The SMILES string of the molecule is c1ccc(-c2ccc(-c3nc(-c4ccccc4)nc(-c4ccc5c(c4)oc4cccc(-c6ccccc6-n6c7ccccc7c7cc(-c8ccccc8)ccc76)c45)n3)cc2)cc1. The van der Waals surface area contributed by atoms with Crippen LogP contribution in [-0.2, 0) is 0 Å². The summed E-state index contributed by atoms with van der Waals surface area (Å²) in [6.45, 7) is 0. The van der Waals surface area contributed by atoms with Crippen LogP contribution in [-0.4, -0.2) is 19.5 Å². The smallest absolute Gasteiger partial charge is 0.164 e. The molecule has 0 unspecified atom stereocenters. The zero-order valence-electron chi connectivity index (χ0n) is 33.5. The van der Waals surface area contributed by atoms with E-state index in [0.717, 1.165) is 77.6 Å². The molecule has 0 aliphatic rings. The van der Waals surface area contributed by atoms with E-state index < -0.39 is 0 Å². The second-order valence-electron chi connectivity index (χ2n) is 15.6. The van der Waals surface area contributed by atoms with E-state index in [1.165, 1.54) is 21.9 Å². The van der Waals surface area contributed by atoms with Crippen LogP contribution in [0.5, 0.6) is 0 Å². The first-order valence-electron chi connectivity index (χ1n) is 20.8. The van der Waals surface area contributed by atoms with E-state index in [1.807, 2.05) is 36.4 Å². The highest BCUT2D eigenvalue weighted by molar-refractivity contribution is 6.15. The van der Waals surface area contributed by atoms with Crippen molar-refractivity contribution >= 4 is 43.7 Å². The van der Waals surface area contributed by atoms with Crippen LogP contribution in [0.1, 0.15) is 0 Å². The van der Waals surface area contributed by atoms with Crippen LogP contribution in [0.15, 0.2) is 223 Å². The van der Waals surface area contributed by atoms with E-state index in [1.54, 1.807) is 0 Å². The number of furan rings is 1. The molecular weight excluding hydrogens is 757 g/mol. The molecule has 290 valence electrons. The van der Waals surface area contributed by atoms with E-state index in [-0.39, 0.29) is 0 Å². The molecule has 0 spiro atoms. The number of hydrogen-bond donors (Lipinski definition) is 0. The van der Waals surface area contributed by atoms with Gasteiger partial charge >= 0.3 is 0 Å². The Morgan fingerprint density at radius 3 is 1.56 bits per heavy atom. The molecule has 5 heteroatoms. The summed E-state index contributed by atoms with van der Waals surface area (Å²) in [6, 6.07) is 76.3. The first-order valence-corrected chi connectivity index (χ1v) is 20.8. The highest BCUT2D eigenvalue weighted by atomic mass is 16.3. The summed E-state index contributed by atoms with van der Waals surface area (Å²) in [7, 11) is 0. The van der Waals surface area contributed by atoms with Crippen LogP contribution in [0.3, 0.4) is 0 Å². The summed E-state index contributed by atoms with van der Waals surface area (Å²) in [5.41, 5.74) is 14.6. The van der Waals surface area contributed by atoms with Crippen molar-refractivity contribution in [3.8, 4) is 73.2 Å². The number of benzene rings is 9. The highest BCUT2D eigenvalue weighted by Gasteiger charge is 2.20. The molecule has 5 nitrogen and oxygen atoms in total. The molecule has 0 atom stereocenters. The maximum absolute atomic E-state index is 6.71. The molecule has 0 radical (unpaired) electrons. The average molecular weight is 793 g/mol. The van der Waals surface area contributed by atoms with Gasteiger partial charge in [0.05, 0.1) is 16.7 Å². The zero-order chi connectivity index (χ0) is 41.0. The number of aromatic nitrogens is 4. The Bertz CT molecular complexity index is 3610. The number of hydrogen-bond acceptors (Lipinski definition) is 4. The molecule has 12 rings (SSSR count). The van der Waals surface area contributed by atoms with Crippen molar-refractivity contribution in [2.24, 2.45) is 0 Å². The molecule has 0 bridgehead atoms. The van der Waals surface area contributed by atoms with Crippen molar-refractivity contribution < 1.29 is 4.42 Å². The number of para-hydroxylation sites is 2. The summed E-state index contributed by atoms with van der Waals surface area (Å²) in [5, 5.41) is 4.53. The van der Waals surface area contributed by atoms with Gasteiger partial charge in [0, 0.05) is 43.8 Å². The van der Waals surface area contributed by atoms with Gasteiger partial charge in [-0.05, 0) is 70.3 Å². The van der Waals surface area contributed by atoms with Crippen molar-refractivity contribution in [3.63, 3.8) is 0 Å². The number of rotatable bonds is 7. The van der Waals surface area contributed by atoms with E-state index in [0.29, 0.717) is 17.5 Å². The van der Waals surface area contributed by atoms with E-state index in [4.69, 9.17) is 19.4 Å². The van der Waals surface area contributed by atoms with Crippen LogP contribution in [0.25, 0.3) is 117 Å².